The lowest BCUT2D eigenvalue weighted by molar-refractivity contribution is 0.540. The Bertz CT molecular complexity index is 1130. The molecule has 0 radical (unpaired) electrons. The van der Waals surface area contributed by atoms with Gasteiger partial charge in [0.2, 0.25) is 0 Å². The smallest absolute Gasteiger partial charge is 0.133 e. The standard InChI is InChI=1S/C31H36O2P2/c1-21-15-22(2)18-26(17-21)34(27-19-23(3)16-24(4)20-27)25(5)28-9-6-10-29(28)35(30-11-7-13-32-30)31-12-8-14-33-31/h7-8,11-20,25,28-29H,6,9-10H2,1-5H3. The molecule has 2 aromatic carbocycles. The van der Waals surface area contributed by atoms with Gasteiger partial charge >= 0.3 is 0 Å². The Morgan fingerprint density at radius 3 is 1.63 bits per heavy atom. The molecule has 0 aliphatic heterocycles. The van der Waals surface area contributed by atoms with Crippen LogP contribution in [0.4, 0.5) is 0 Å². The maximum absolute atomic E-state index is 6.03. The van der Waals surface area contributed by atoms with Crippen LogP contribution in [0.2, 0.25) is 0 Å². The summed E-state index contributed by atoms with van der Waals surface area (Å²) in [6.45, 7) is 11.5. The molecule has 1 aliphatic carbocycles. The lowest BCUT2D eigenvalue weighted by atomic mass is 10.0. The number of rotatable bonds is 7. The zero-order valence-corrected chi connectivity index (χ0v) is 23.3. The fourth-order valence-electron chi connectivity index (χ4n) is 6.09. The van der Waals surface area contributed by atoms with E-state index in [2.05, 4.69) is 83.1 Å². The summed E-state index contributed by atoms with van der Waals surface area (Å²) in [5, 5.41) is 3.03. The van der Waals surface area contributed by atoms with E-state index < -0.39 is 15.8 Å². The first kappa shape index (κ1) is 24.5. The van der Waals surface area contributed by atoms with Gasteiger partial charge in [-0.1, -0.05) is 72.0 Å². The molecular formula is C31H36O2P2. The summed E-state index contributed by atoms with van der Waals surface area (Å²) in [6, 6.07) is 22.7. The van der Waals surface area contributed by atoms with Gasteiger partial charge in [0, 0.05) is 7.92 Å². The second-order valence-corrected chi connectivity index (χ2v) is 15.1. The van der Waals surface area contributed by atoms with Crippen LogP contribution in [-0.2, 0) is 0 Å². The predicted octanol–water partition coefficient (Wildman–Crippen LogP) is 7.23. The van der Waals surface area contributed by atoms with Crippen molar-refractivity contribution in [3.05, 3.63) is 95.4 Å². The Hall–Kier alpha value is -2.14. The molecule has 4 aromatic rings. The maximum Gasteiger partial charge on any atom is 0.133 e. The Kier molecular flexibility index (Phi) is 7.34. The van der Waals surface area contributed by atoms with Crippen LogP contribution in [0.5, 0.6) is 0 Å². The molecular weight excluding hydrogens is 466 g/mol. The summed E-state index contributed by atoms with van der Waals surface area (Å²) in [4.78, 5) is 0. The largest absolute Gasteiger partial charge is 0.464 e. The van der Waals surface area contributed by atoms with Gasteiger partial charge in [0.05, 0.1) is 12.5 Å². The fourth-order valence-corrected chi connectivity index (χ4v) is 12.5. The molecule has 0 saturated heterocycles. The average Bonchev–Trinajstić information content (AvgIpc) is 3.57. The summed E-state index contributed by atoms with van der Waals surface area (Å²) in [5.74, 6) is 0.629. The average molecular weight is 503 g/mol. The van der Waals surface area contributed by atoms with Crippen molar-refractivity contribution in [3.63, 3.8) is 0 Å². The zero-order chi connectivity index (χ0) is 24.5. The van der Waals surface area contributed by atoms with Crippen molar-refractivity contribution in [2.75, 3.05) is 0 Å². The topological polar surface area (TPSA) is 26.3 Å². The first-order chi connectivity index (χ1) is 16.9. The minimum atomic E-state index is -0.660. The van der Waals surface area contributed by atoms with Crippen molar-refractivity contribution in [2.45, 2.75) is 65.2 Å². The molecule has 1 aliphatic rings. The van der Waals surface area contributed by atoms with Gasteiger partial charge in [-0.15, -0.1) is 0 Å². The summed E-state index contributed by atoms with van der Waals surface area (Å²) in [6.07, 6.45) is 7.44. The van der Waals surface area contributed by atoms with E-state index in [1.165, 1.54) is 52.1 Å². The second kappa shape index (κ2) is 10.5. The molecule has 0 spiro atoms. The SMILES string of the molecule is Cc1cc(C)cc(P(c2cc(C)cc(C)c2)C(C)C2CCCC2P(c2ccco2)c2ccco2)c1. The molecule has 2 aromatic heterocycles. The first-order valence-electron chi connectivity index (χ1n) is 12.7. The number of furan rings is 2. The van der Waals surface area contributed by atoms with E-state index in [9.17, 15) is 0 Å². The lowest BCUT2D eigenvalue weighted by Gasteiger charge is -2.36. The maximum atomic E-state index is 6.03. The quantitative estimate of drug-likeness (QED) is 0.249. The molecule has 4 heteroatoms. The molecule has 0 N–H and O–H groups in total. The van der Waals surface area contributed by atoms with Crippen LogP contribution in [-0.4, -0.2) is 11.3 Å². The van der Waals surface area contributed by atoms with Crippen LogP contribution in [0.1, 0.15) is 48.4 Å². The van der Waals surface area contributed by atoms with Crippen LogP contribution in [0, 0.1) is 33.6 Å². The summed E-state index contributed by atoms with van der Waals surface area (Å²) < 4.78 is 12.1. The summed E-state index contributed by atoms with van der Waals surface area (Å²) >= 11 is 0. The zero-order valence-electron chi connectivity index (χ0n) is 21.5. The van der Waals surface area contributed by atoms with Crippen molar-refractivity contribution in [3.8, 4) is 0 Å². The minimum Gasteiger partial charge on any atom is -0.464 e. The number of benzene rings is 2. The molecule has 3 unspecified atom stereocenters. The van der Waals surface area contributed by atoms with Crippen molar-refractivity contribution in [1.29, 1.82) is 0 Å². The minimum absolute atomic E-state index is 0.505. The van der Waals surface area contributed by atoms with Crippen LogP contribution in [0.15, 0.2) is 82.0 Å². The number of aryl methyl sites for hydroxylation is 4. The van der Waals surface area contributed by atoms with Crippen LogP contribution < -0.4 is 21.6 Å². The predicted molar refractivity (Wildman–Crippen MR) is 152 cm³/mol. The molecule has 2 nitrogen and oxygen atoms in total. The first-order valence-corrected chi connectivity index (χ1v) is 15.5. The normalized spacial score (nSPS) is 19.1. The van der Waals surface area contributed by atoms with Gasteiger partial charge < -0.3 is 8.83 Å². The van der Waals surface area contributed by atoms with E-state index in [1.807, 2.05) is 24.7 Å². The van der Waals surface area contributed by atoms with E-state index in [4.69, 9.17) is 8.83 Å². The highest BCUT2D eigenvalue weighted by atomic mass is 31.1. The van der Waals surface area contributed by atoms with Crippen LogP contribution >= 0.6 is 15.8 Å². The molecule has 182 valence electrons. The van der Waals surface area contributed by atoms with Crippen molar-refractivity contribution in [2.24, 2.45) is 5.92 Å². The Morgan fingerprint density at radius 1 is 0.714 bits per heavy atom. The Labute approximate surface area is 212 Å². The van der Waals surface area contributed by atoms with Crippen LogP contribution in [0.3, 0.4) is 0 Å². The molecule has 2 heterocycles. The molecule has 35 heavy (non-hydrogen) atoms. The van der Waals surface area contributed by atoms with Gasteiger partial charge in [0.1, 0.15) is 11.0 Å². The highest BCUT2D eigenvalue weighted by Crippen LogP contribution is 2.56. The van der Waals surface area contributed by atoms with E-state index in [0.29, 0.717) is 17.2 Å². The molecule has 5 rings (SSSR count). The molecule has 1 saturated carbocycles. The van der Waals surface area contributed by atoms with E-state index in [0.717, 1.165) is 11.0 Å². The third kappa shape index (κ3) is 5.21. The van der Waals surface area contributed by atoms with E-state index in [1.54, 1.807) is 0 Å². The van der Waals surface area contributed by atoms with Crippen molar-refractivity contribution < 1.29 is 8.83 Å². The van der Waals surface area contributed by atoms with Gasteiger partial charge in [-0.25, -0.2) is 0 Å². The van der Waals surface area contributed by atoms with Gasteiger partial charge in [-0.3, -0.25) is 0 Å². The highest BCUT2D eigenvalue weighted by molar-refractivity contribution is 7.74. The summed E-state index contributed by atoms with van der Waals surface area (Å²) in [5.41, 5.74) is 8.78. The third-order valence-electron chi connectivity index (χ3n) is 7.35. The third-order valence-corrected chi connectivity index (χ3v) is 12.9. The molecule has 1 fully saturated rings. The van der Waals surface area contributed by atoms with Crippen LogP contribution in [0.25, 0.3) is 0 Å². The summed E-state index contributed by atoms with van der Waals surface area (Å²) in [7, 11) is -1.17. The van der Waals surface area contributed by atoms with Gasteiger partial charge in [0.25, 0.3) is 0 Å². The van der Waals surface area contributed by atoms with Gasteiger partial charge in [0.15, 0.2) is 0 Å². The fraction of sp³-hybridized carbons (Fsp3) is 0.355. The van der Waals surface area contributed by atoms with Gasteiger partial charge in [-0.2, -0.15) is 0 Å². The Balaban J connectivity index is 1.58. The van der Waals surface area contributed by atoms with Crippen molar-refractivity contribution in [1.82, 2.24) is 0 Å². The monoisotopic (exact) mass is 502 g/mol. The number of hydrogen-bond acceptors (Lipinski definition) is 2. The Morgan fingerprint density at radius 2 is 1.20 bits per heavy atom. The second-order valence-electron chi connectivity index (χ2n) is 10.2. The van der Waals surface area contributed by atoms with E-state index in [-0.39, 0.29) is 0 Å². The molecule has 3 atom stereocenters. The molecule has 0 amide bonds. The highest BCUT2D eigenvalue weighted by Gasteiger charge is 2.43. The number of hydrogen-bond donors (Lipinski definition) is 0. The van der Waals surface area contributed by atoms with E-state index >= 15 is 0 Å². The lowest BCUT2D eigenvalue weighted by Crippen LogP contribution is -2.33. The van der Waals surface area contributed by atoms with Gasteiger partial charge in [-0.05, 0) is 101 Å². The van der Waals surface area contributed by atoms with Crippen molar-refractivity contribution >= 4 is 37.5 Å². The molecule has 0 bridgehead atoms.